The number of nitrogens with zero attached hydrogens (tertiary/aromatic N) is 1. The second-order valence-corrected chi connectivity index (χ2v) is 4.40. The summed E-state index contributed by atoms with van der Waals surface area (Å²) < 4.78 is 19.3. The van der Waals surface area contributed by atoms with Gasteiger partial charge in [-0.15, -0.1) is 0 Å². The van der Waals surface area contributed by atoms with Gasteiger partial charge in [-0.25, -0.2) is 4.39 Å². The van der Waals surface area contributed by atoms with Crippen molar-refractivity contribution in [1.29, 1.82) is 0 Å². The lowest BCUT2D eigenvalue weighted by Crippen LogP contribution is -1.95. The van der Waals surface area contributed by atoms with Crippen molar-refractivity contribution in [2.45, 2.75) is 6.92 Å². The van der Waals surface area contributed by atoms with Crippen LogP contribution in [0.15, 0.2) is 16.6 Å². The second-order valence-electron chi connectivity index (χ2n) is 3.60. The maximum absolute atomic E-state index is 13.7. The van der Waals surface area contributed by atoms with Crippen LogP contribution in [0.5, 0.6) is 5.75 Å². The Kier molecular flexibility index (Phi) is 3.06. The highest BCUT2D eigenvalue weighted by Crippen LogP contribution is 2.40. The molecule has 90 valence electrons. The zero-order valence-corrected chi connectivity index (χ0v) is 10.9. The van der Waals surface area contributed by atoms with E-state index in [1.807, 2.05) is 0 Å². The highest BCUT2D eigenvalue weighted by atomic mass is 79.9. The molecule has 6 heteroatoms. The van der Waals surface area contributed by atoms with Crippen LogP contribution in [0, 0.1) is 12.7 Å². The second kappa shape index (κ2) is 4.37. The summed E-state index contributed by atoms with van der Waals surface area (Å²) in [6, 6.07) is 3.04. The minimum absolute atomic E-state index is 0.323. The van der Waals surface area contributed by atoms with Gasteiger partial charge >= 0.3 is 0 Å². The Balaban J connectivity index is 2.74. The third kappa shape index (κ3) is 2.00. The molecule has 0 aliphatic carbocycles. The summed E-state index contributed by atoms with van der Waals surface area (Å²) in [7, 11) is 1.54. The summed E-state index contributed by atoms with van der Waals surface area (Å²) in [5, 5.41) is 6.56. The van der Waals surface area contributed by atoms with E-state index in [1.54, 1.807) is 13.0 Å². The maximum atomic E-state index is 13.7. The van der Waals surface area contributed by atoms with Crippen molar-refractivity contribution < 1.29 is 9.13 Å². The van der Waals surface area contributed by atoms with Crippen LogP contribution in [-0.4, -0.2) is 17.3 Å². The van der Waals surface area contributed by atoms with Crippen molar-refractivity contribution in [3.8, 4) is 17.0 Å². The fraction of sp³-hybridized carbons (Fsp3) is 0.182. The van der Waals surface area contributed by atoms with E-state index in [-0.39, 0.29) is 5.82 Å². The lowest BCUT2D eigenvalue weighted by Gasteiger charge is -2.12. The average molecular weight is 300 g/mol. The molecule has 0 radical (unpaired) electrons. The first-order valence-electron chi connectivity index (χ1n) is 4.88. The number of halogens is 2. The topological polar surface area (TPSA) is 63.9 Å². The maximum Gasteiger partial charge on any atom is 0.145 e. The van der Waals surface area contributed by atoms with E-state index in [2.05, 4.69) is 26.1 Å². The molecule has 0 spiro atoms. The summed E-state index contributed by atoms with van der Waals surface area (Å²) in [4.78, 5) is 0. The number of hydrogen-bond donors (Lipinski definition) is 2. The molecule has 0 aliphatic rings. The lowest BCUT2D eigenvalue weighted by atomic mass is 10.1. The summed E-state index contributed by atoms with van der Waals surface area (Å²) >= 11 is 3.21. The van der Waals surface area contributed by atoms with Gasteiger partial charge in [0.05, 0.1) is 22.8 Å². The van der Waals surface area contributed by atoms with Gasteiger partial charge in [0.25, 0.3) is 0 Å². The van der Waals surface area contributed by atoms with E-state index in [9.17, 15) is 4.39 Å². The number of aryl methyl sites for hydroxylation is 1. The number of nitrogens with two attached hydrogens (primary N) is 1. The van der Waals surface area contributed by atoms with Crippen molar-refractivity contribution >= 4 is 21.7 Å². The SMILES string of the molecule is COc1c(C)cc(F)c(Br)c1-c1cc(N)n[nH]1. The van der Waals surface area contributed by atoms with Crippen LogP contribution >= 0.6 is 15.9 Å². The molecule has 2 aromatic rings. The fourth-order valence-electron chi connectivity index (χ4n) is 1.70. The molecule has 4 nitrogen and oxygen atoms in total. The van der Waals surface area contributed by atoms with E-state index in [0.29, 0.717) is 32.9 Å². The summed E-state index contributed by atoms with van der Waals surface area (Å²) in [6.45, 7) is 1.78. The number of benzene rings is 1. The van der Waals surface area contributed by atoms with Crippen LogP contribution in [0.2, 0.25) is 0 Å². The summed E-state index contributed by atoms with van der Waals surface area (Å²) in [6.07, 6.45) is 0. The third-order valence-electron chi connectivity index (χ3n) is 2.43. The lowest BCUT2D eigenvalue weighted by molar-refractivity contribution is 0.411. The van der Waals surface area contributed by atoms with Gasteiger partial charge in [-0.3, -0.25) is 5.10 Å². The number of nitrogen functional groups attached to an aromatic ring is 1. The average Bonchev–Trinajstić information content (AvgIpc) is 2.69. The minimum atomic E-state index is -0.355. The van der Waals surface area contributed by atoms with E-state index in [1.165, 1.54) is 13.2 Å². The first kappa shape index (κ1) is 11.9. The number of aromatic nitrogens is 2. The predicted octanol–water partition coefficient (Wildman–Crippen LogP) is 2.88. The molecule has 0 saturated heterocycles. The van der Waals surface area contributed by atoms with Crippen molar-refractivity contribution in [3.63, 3.8) is 0 Å². The fourth-order valence-corrected chi connectivity index (χ4v) is 2.21. The van der Waals surface area contributed by atoms with E-state index < -0.39 is 0 Å². The van der Waals surface area contributed by atoms with Gasteiger partial charge in [0, 0.05) is 6.07 Å². The molecule has 0 bridgehead atoms. The quantitative estimate of drug-likeness (QED) is 0.896. The Hall–Kier alpha value is -1.56. The number of rotatable bonds is 2. The largest absolute Gasteiger partial charge is 0.496 e. The van der Waals surface area contributed by atoms with Crippen LogP contribution in [0.25, 0.3) is 11.3 Å². The molecular formula is C11H11BrFN3O. The van der Waals surface area contributed by atoms with E-state index in [4.69, 9.17) is 10.5 Å². The summed E-state index contributed by atoms with van der Waals surface area (Å²) in [5.74, 6) is 0.573. The molecule has 1 heterocycles. The monoisotopic (exact) mass is 299 g/mol. The third-order valence-corrected chi connectivity index (χ3v) is 3.20. The molecule has 17 heavy (non-hydrogen) atoms. The Morgan fingerprint density at radius 3 is 2.71 bits per heavy atom. The van der Waals surface area contributed by atoms with Gasteiger partial charge in [0.1, 0.15) is 17.4 Å². The Labute approximate surface area is 106 Å². The number of ether oxygens (including phenoxy) is 1. The van der Waals surface area contributed by atoms with Gasteiger partial charge in [0.2, 0.25) is 0 Å². The normalized spacial score (nSPS) is 10.6. The van der Waals surface area contributed by atoms with Crippen LogP contribution < -0.4 is 10.5 Å². The minimum Gasteiger partial charge on any atom is -0.496 e. The smallest absolute Gasteiger partial charge is 0.145 e. The molecule has 0 fully saturated rings. The number of H-pyrrole nitrogens is 1. The van der Waals surface area contributed by atoms with Crippen LogP contribution in [0.4, 0.5) is 10.2 Å². The molecule has 2 rings (SSSR count). The van der Waals surface area contributed by atoms with Crippen molar-refractivity contribution in [2.24, 2.45) is 0 Å². The Morgan fingerprint density at radius 1 is 1.47 bits per heavy atom. The molecule has 0 aliphatic heterocycles. The summed E-state index contributed by atoms with van der Waals surface area (Å²) in [5.41, 5.74) is 7.43. The van der Waals surface area contributed by atoms with Gasteiger partial charge in [-0.2, -0.15) is 5.10 Å². The molecule has 0 atom stereocenters. The van der Waals surface area contributed by atoms with E-state index >= 15 is 0 Å². The molecule has 0 saturated carbocycles. The van der Waals surface area contributed by atoms with Crippen molar-refractivity contribution in [2.75, 3.05) is 12.8 Å². The van der Waals surface area contributed by atoms with Crippen LogP contribution in [0.3, 0.4) is 0 Å². The number of methoxy groups -OCH3 is 1. The van der Waals surface area contributed by atoms with E-state index in [0.717, 1.165) is 0 Å². The number of aromatic amines is 1. The number of nitrogens with one attached hydrogen (secondary N) is 1. The molecule has 1 aromatic heterocycles. The first-order chi connectivity index (χ1) is 8.04. The number of anilines is 1. The van der Waals surface area contributed by atoms with Crippen molar-refractivity contribution in [3.05, 3.63) is 28.0 Å². The Morgan fingerprint density at radius 2 is 2.18 bits per heavy atom. The highest BCUT2D eigenvalue weighted by molar-refractivity contribution is 9.10. The molecular weight excluding hydrogens is 289 g/mol. The first-order valence-corrected chi connectivity index (χ1v) is 5.67. The van der Waals surface area contributed by atoms with Gasteiger partial charge in [-0.1, -0.05) is 0 Å². The molecule has 0 unspecified atom stereocenters. The highest BCUT2D eigenvalue weighted by Gasteiger charge is 2.18. The molecule has 1 aromatic carbocycles. The van der Waals surface area contributed by atoms with Gasteiger partial charge in [0.15, 0.2) is 0 Å². The van der Waals surface area contributed by atoms with Gasteiger partial charge < -0.3 is 10.5 Å². The van der Waals surface area contributed by atoms with Gasteiger partial charge in [-0.05, 0) is 34.5 Å². The molecule has 0 amide bonds. The standard InChI is InChI=1S/C11H11BrFN3O/c1-5-3-6(13)10(12)9(11(5)17-2)7-4-8(14)16-15-7/h3-4H,1-2H3,(H3,14,15,16). The van der Waals surface area contributed by atoms with Crippen LogP contribution in [-0.2, 0) is 0 Å². The molecule has 3 N–H and O–H groups in total. The zero-order valence-electron chi connectivity index (χ0n) is 9.34. The predicted molar refractivity (Wildman–Crippen MR) is 67.4 cm³/mol. The van der Waals surface area contributed by atoms with Crippen LogP contribution in [0.1, 0.15) is 5.56 Å². The number of hydrogen-bond acceptors (Lipinski definition) is 3. The zero-order chi connectivity index (χ0) is 12.6. The van der Waals surface area contributed by atoms with Crippen molar-refractivity contribution in [1.82, 2.24) is 10.2 Å². The Bertz CT molecular complexity index is 568.